The fourth-order valence-corrected chi connectivity index (χ4v) is 1.64. The van der Waals surface area contributed by atoms with Gasteiger partial charge in [0.05, 0.1) is 0 Å². The number of carbonyl (C=O) groups excluding carboxylic acids is 1. The lowest BCUT2D eigenvalue weighted by Gasteiger charge is -2.32. The summed E-state index contributed by atoms with van der Waals surface area (Å²) < 4.78 is 5.24. The van der Waals surface area contributed by atoms with Gasteiger partial charge >= 0.3 is 0 Å². The van der Waals surface area contributed by atoms with E-state index in [1.54, 1.807) is 6.92 Å². The molecule has 64 valence electrons. The largest absolute Gasteiger partial charge is 0.381 e. The molecule has 0 bridgehead atoms. The Hall–Kier alpha value is -0.370. The van der Waals surface area contributed by atoms with Crippen LogP contribution in [0.5, 0.6) is 0 Å². The van der Waals surface area contributed by atoms with Gasteiger partial charge < -0.3 is 9.53 Å². The van der Waals surface area contributed by atoms with Crippen LogP contribution < -0.4 is 0 Å². The number of ether oxygens (including phenoxy) is 1. The zero-order chi connectivity index (χ0) is 8.32. The quantitative estimate of drug-likeness (QED) is 0.609. The van der Waals surface area contributed by atoms with Gasteiger partial charge in [-0.15, -0.1) is 0 Å². The van der Waals surface area contributed by atoms with Crippen molar-refractivity contribution in [1.29, 1.82) is 0 Å². The van der Waals surface area contributed by atoms with Crippen LogP contribution in [0.25, 0.3) is 0 Å². The summed E-state index contributed by atoms with van der Waals surface area (Å²) in [4.78, 5) is 10.9. The van der Waals surface area contributed by atoms with Crippen LogP contribution in [0.15, 0.2) is 0 Å². The Morgan fingerprint density at radius 2 is 2.00 bits per heavy atom. The minimum Gasteiger partial charge on any atom is -0.381 e. The van der Waals surface area contributed by atoms with E-state index in [0.29, 0.717) is 5.78 Å². The fourth-order valence-electron chi connectivity index (χ4n) is 1.64. The molecule has 1 rings (SSSR count). The number of rotatable bonds is 2. The van der Waals surface area contributed by atoms with Crippen molar-refractivity contribution in [1.82, 2.24) is 0 Å². The van der Waals surface area contributed by atoms with Crippen molar-refractivity contribution in [3.63, 3.8) is 0 Å². The zero-order valence-corrected chi connectivity index (χ0v) is 7.35. The van der Waals surface area contributed by atoms with Gasteiger partial charge in [0.25, 0.3) is 0 Å². The molecule has 0 atom stereocenters. The average Bonchev–Trinajstić information content (AvgIpc) is 1.85. The van der Waals surface area contributed by atoms with Crippen LogP contribution in [0.4, 0.5) is 0 Å². The highest BCUT2D eigenvalue weighted by Gasteiger charge is 2.28. The molecular weight excluding hydrogens is 140 g/mol. The summed E-state index contributed by atoms with van der Waals surface area (Å²) in [6, 6.07) is 0. The summed E-state index contributed by atoms with van der Waals surface area (Å²) in [5.41, 5.74) is 0.226. The lowest BCUT2D eigenvalue weighted by atomic mass is 9.78. The molecule has 0 radical (unpaired) electrons. The first-order valence-corrected chi connectivity index (χ1v) is 4.20. The molecular formula is C9H16O2. The fraction of sp³-hybridized carbons (Fsp3) is 0.889. The van der Waals surface area contributed by atoms with Gasteiger partial charge in [0.1, 0.15) is 5.78 Å². The van der Waals surface area contributed by atoms with Crippen LogP contribution >= 0.6 is 0 Å². The Kier molecular flexibility index (Phi) is 2.66. The lowest BCUT2D eigenvalue weighted by Crippen LogP contribution is -2.28. The first-order chi connectivity index (χ1) is 5.12. The molecule has 1 heterocycles. The predicted molar refractivity (Wildman–Crippen MR) is 43.5 cm³/mol. The minimum absolute atomic E-state index is 0.226. The first kappa shape index (κ1) is 8.72. The number of Topliss-reactive ketones (excluding diaryl/α,β-unsaturated/α-hetero) is 1. The molecule has 1 fully saturated rings. The van der Waals surface area contributed by atoms with E-state index in [0.717, 1.165) is 32.5 Å². The Balaban J connectivity index is 2.43. The molecule has 0 aliphatic carbocycles. The van der Waals surface area contributed by atoms with Crippen molar-refractivity contribution in [2.75, 3.05) is 13.2 Å². The second-order valence-corrected chi connectivity index (χ2v) is 3.80. The maximum absolute atomic E-state index is 10.9. The van der Waals surface area contributed by atoms with Crippen LogP contribution in [-0.4, -0.2) is 19.0 Å². The van der Waals surface area contributed by atoms with Crippen molar-refractivity contribution >= 4 is 5.78 Å². The van der Waals surface area contributed by atoms with Crippen LogP contribution in [-0.2, 0) is 9.53 Å². The second kappa shape index (κ2) is 3.35. The summed E-state index contributed by atoms with van der Waals surface area (Å²) >= 11 is 0. The van der Waals surface area contributed by atoms with Crippen molar-refractivity contribution in [2.45, 2.75) is 33.1 Å². The Bertz CT molecular complexity index is 146. The van der Waals surface area contributed by atoms with Crippen molar-refractivity contribution in [3.8, 4) is 0 Å². The molecule has 1 saturated heterocycles. The van der Waals surface area contributed by atoms with Gasteiger partial charge in [-0.3, -0.25) is 0 Å². The molecule has 11 heavy (non-hydrogen) atoms. The van der Waals surface area contributed by atoms with Crippen molar-refractivity contribution in [3.05, 3.63) is 0 Å². The molecule has 0 N–H and O–H groups in total. The average molecular weight is 156 g/mol. The number of hydrogen-bond donors (Lipinski definition) is 0. The highest BCUT2D eigenvalue weighted by molar-refractivity contribution is 5.76. The van der Waals surface area contributed by atoms with Gasteiger partial charge in [0, 0.05) is 19.6 Å². The number of ketones is 1. The number of carbonyl (C=O) groups is 1. The van der Waals surface area contributed by atoms with Crippen LogP contribution in [0.1, 0.15) is 33.1 Å². The summed E-state index contributed by atoms with van der Waals surface area (Å²) in [5.74, 6) is 0.300. The van der Waals surface area contributed by atoms with Crippen LogP contribution in [0.2, 0.25) is 0 Å². The maximum atomic E-state index is 10.9. The highest BCUT2D eigenvalue weighted by atomic mass is 16.5. The zero-order valence-electron chi connectivity index (χ0n) is 7.35. The molecule has 0 spiro atoms. The minimum atomic E-state index is 0.226. The topological polar surface area (TPSA) is 26.3 Å². The predicted octanol–water partition coefficient (Wildman–Crippen LogP) is 1.78. The molecule has 0 unspecified atom stereocenters. The molecule has 0 amide bonds. The van der Waals surface area contributed by atoms with Gasteiger partial charge in [-0.05, 0) is 25.2 Å². The van der Waals surface area contributed by atoms with Gasteiger partial charge in [-0.2, -0.15) is 0 Å². The molecule has 0 aromatic carbocycles. The molecule has 1 aliphatic rings. The number of hydrogen-bond acceptors (Lipinski definition) is 2. The summed E-state index contributed by atoms with van der Waals surface area (Å²) in [7, 11) is 0. The van der Waals surface area contributed by atoms with Gasteiger partial charge in [0.2, 0.25) is 0 Å². The molecule has 0 aromatic heterocycles. The smallest absolute Gasteiger partial charge is 0.130 e. The van der Waals surface area contributed by atoms with Crippen LogP contribution in [0.3, 0.4) is 0 Å². The molecule has 0 saturated carbocycles. The normalized spacial score (nSPS) is 23.1. The summed E-state index contributed by atoms with van der Waals surface area (Å²) in [6.45, 7) is 5.49. The first-order valence-electron chi connectivity index (χ1n) is 4.20. The Morgan fingerprint density at radius 1 is 1.45 bits per heavy atom. The van der Waals surface area contributed by atoms with Crippen LogP contribution in [0, 0.1) is 5.41 Å². The second-order valence-electron chi connectivity index (χ2n) is 3.80. The van der Waals surface area contributed by atoms with E-state index < -0.39 is 0 Å². The standard InChI is InChI=1S/C9H16O2/c1-8(10)7-9(2)3-5-11-6-4-9/h3-7H2,1-2H3. The SMILES string of the molecule is CC(=O)CC1(C)CCOCC1. The van der Waals surface area contributed by atoms with E-state index in [-0.39, 0.29) is 5.41 Å². The summed E-state index contributed by atoms with van der Waals surface area (Å²) in [6.07, 6.45) is 2.79. The van der Waals surface area contributed by atoms with E-state index in [1.807, 2.05) is 0 Å². The van der Waals surface area contributed by atoms with Crippen molar-refractivity contribution < 1.29 is 9.53 Å². The van der Waals surface area contributed by atoms with E-state index in [1.165, 1.54) is 0 Å². The summed E-state index contributed by atoms with van der Waals surface area (Å²) in [5, 5.41) is 0. The molecule has 2 nitrogen and oxygen atoms in total. The Labute approximate surface area is 67.9 Å². The van der Waals surface area contributed by atoms with E-state index in [9.17, 15) is 4.79 Å². The lowest BCUT2D eigenvalue weighted by molar-refractivity contribution is -0.120. The van der Waals surface area contributed by atoms with Crippen molar-refractivity contribution in [2.24, 2.45) is 5.41 Å². The van der Waals surface area contributed by atoms with E-state index >= 15 is 0 Å². The molecule has 1 aliphatic heterocycles. The maximum Gasteiger partial charge on any atom is 0.130 e. The van der Waals surface area contributed by atoms with E-state index in [4.69, 9.17) is 4.74 Å². The van der Waals surface area contributed by atoms with Gasteiger partial charge in [0.15, 0.2) is 0 Å². The third-order valence-electron chi connectivity index (χ3n) is 2.38. The third-order valence-corrected chi connectivity index (χ3v) is 2.38. The Morgan fingerprint density at radius 3 is 2.45 bits per heavy atom. The van der Waals surface area contributed by atoms with E-state index in [2.05, 4.69) is 6.92 Å². The monoisotopic (exact) mass is 156 g/mol. The third kappa shape index (κ3) is 2.62. The highest BCUT2D eigenvalue weighted by Crippen LogP contribution is 2.33. The molecule has 0 aromatic rings. The molecule has 2 heteroatoms. The van der Waals surface area contributed by atoms with Gasteiger partial charge in [-0.1, -0.05) is 6.92 Å². The van der Waals surface area contributed by atoms with Gasteiger partial charge in [-0.25, -0.2) is 0 Å².